The van der Waals surface area contributed by atoms with Crippen LogP contribution >= 0.6 is 11.6 Å². The molecule has 1 saturated carbocycles. The molecule has 0 radical (unpaired) electrons. The molecule has 3 rings (SSSR count). The molecule has 0 aliphatic heterocycles. The Morgan fingerprint density at radius 3 is 2.58 bits per heavy atom. The molecule has 1 heterocycles. The van der Waals surface area contributed by atoms with E-state index in [0.29, 0.717) is 23.1 Å². The van der Waals surface area contributed by atoms with Gasteiger partial charge in [0.1, 0.15) is 5.69 Å². The minimum atomic E-state index is -0.918. The van der Waals surface area contributed by atoms with Crippen LogP contribution in [-0.4, -0.2) is 22.2 Å². The van der Waals surface area contributed by atoms with Gasteiger partial charge in [0.2, 0.25) is 0 Å². The van der Waals surface area contributed by atoms with Gasteiger partial charge in [0.05, 0.1) is 11.2 Å². The number of nitrogens with zero attached hydrogens (tertiary/aromatic N) is 1. The fourth-order valence-electron chi connectivity index (χ4n) is 3.05. The van der Waals surface area contributed by atoms with E-state index in [1.165, 1.54) is 0 Å². The molecule has 0 unspecified atom stereocenters. The molecule has 0 atom stereocenters. The molecule has 0 saturated heterocycles. The Morgan fingerprint density at radius 1 is 1.23 bits per heavy atom. The van der Waals surface area contributed by atoms with Gasteiger partial charge in [0.15, 0.2) is 5.78 Å². The number of aromatic nitrogens is 1. The van der Waals surface area contributed by atoms with Gasteiger partial charge in [-0.2, -0.15) is 0 Å². The first-order valence-corrected chi connectivity index (χ1v) is 9.32. The third kappa shape index (κ3) is 3.96. The van der Waals surface area contributed by atoms with Gasteiger partial charge in [-0.15, -0.1) is 0 Å². The van der Waals surface area contributed by atoms with Crippen molar-refractivity contribution >= 4 is 23.3 Å². The Hall–Kier alpha value is -2.20. The number of benzene rings is 1. The van der Waals surface area contributed by atoms with Crippen molar-refractivity contribution in [3.05, 3.63) is 52.7 Å². The molecule has 1 amide bonds. The predicted octanol–water partition coefficient (Wildman–Crippen LogP) is 4.77. The average molecular weight is 371 g/mol. The van der Waals surface area contributed by atoms with Crippen molar-refractivity contribution in [2.75, 3.05) is 0 Å². The molecule has 1 aromatic heterocycles. The van der Waals surface area contributed by atoms with Gasteiger partial charge in [0, 0.05) is 17.0 Å². The highest BCUT2D eigenvalue weighted by Gasteiger charge is 2.30. The van der Waals surface area contributed by atoms with Crippen LogP contribution in [0.3, 0.4) is 0 Å². The van der Waals surface area contributed by atoms with Crippen LogP contribution in [0.25, 0.3) is 11.3 Å². The average Bonchev–Trinajstić information content (AvgIpc) is 3.45. The number of carbonyl (C=O) groups excluding carboxylic acids is 2. The van der Waals surface area contributed by atoms with Crippen molar-refractivity contribution in [2.45, 2.75) is 51.5 Å². The molecule has 1 aromatic carbocycles. The lowest BCUT2D eigenvalue weighted by atomic mass is 9.96. The van der Waals surface area contributed by atoms with E-state index in [4.69, 9.17) is 11.6 Å². The molecule has 1 aliphatic carbocycles. The summed E-state index contributed by atoms with van der Waals surface area (Å²) in [5, 5.41) is 3.44. The lowest BCUT2D eigenvalue weighted by molar-refractivity contribution is -0.123. The summed E-state index contributed by atoms with van der Waals surface area (Å²) in [5.74, 6) is 0.129. The second-order valence-corrected chi connectivity index (χ2v) is 7.71. The van der Waals surface area contributed by atoms with Gasteiger partial charge in [-0.1, -0.05) is 36.7 Å². The van der Waals surface area contributed by atoms with Crippen LogP contribution in [0.1, 0.15) is 62.0 Å². The molecule has 0 spiro atoms. The van der Waals surface area contributed by atoms with Crippen LogP contribution in [0, 0.1) is 0 Å². The Kier molecular flexibility index (Phi) is 5.15. The molecular weight excluding hydrogens is 348 g/mol. The minimum Gasteiger partial charge on any atom is -0.339 e. The summed E-state index contributed by atoms with van der Waals surface area (Å²) < 4.78 is 0. The van der Waals surface area contributed by atoms with Crippen LogP contribution in [-0.2, 0) is 4.79 Å². The van der Waals surface area contributed by atoms with Gasteiger partial charge >= 0.3 is 0 Å². The van der Waals surface area contributed by atoms with E-state index >= 15 is 0 Å². The first kappa shape index (κ1) is 18.6. The van der Waals surface area contributed by atoms with E-state index in [0.717, 1.165) is 29.7 Å². The normalized spacial score (nSPS) is 14.2. The molecule has 1 fully saturated rings. The lowest BCUT2D eigenvalue weighted by Crippen LogP contribution is -2.49. The van der Waals surface area contributed by atoms with Gasteiger partial charge in [-0.3, -0.25) is 9.59 Å². The summed E-state index contributed by atoms with van der Waals surface area (Å²) in [7, 11) is 0. The minimum absolute atomic E-state index is 0.0180. The van der Waals surface area contributed by atoms with Crippen molar-refractivity contribution < 1.29 is 9.59 Å². The van der Waals surface area contributed by atoms with Gasteiger partial charge in [0.25, 0.3) is 5.91 Å². The molecule has 4 nitrogen and oxygen atoms in total. The van der Waals surface area contributed by atoms with Gasteiger partial charge in [-0.05, 0) is 56.4 Å². The van der Waals surface area contributed by atoms with Crippen molar-refractivity contribution in [2.24, 2.45) is 0 Å². The molecule has 26 heavy (non-hydrogen) atoms. The fourth-order valence-corrected chi connectivity index (χ4v) is 3.24. The molecule has 2 aromatic rings. The standard InChI is InChI=1S/C21H23ClN2O2/c1-4-18(25)21(2,3)24-20(26)17-11-10-16(13-8-9-13)19(23-17)14-6-5-7-15(22)12-14/h5-7,10-13H,4,8-9H2,1-3H3,(H,24,26). The summed E-state index contributed by atoms with van der Waals surface area (Å²) >= 11 is 6.14. The highest BCUT2D eigenvalue weighted by molar-refractivity contribution is 6.30. The smallest absolute Gasteiger partial charge is 0.270 e. The molecular formula is C21H23ClN2O2. The zero-order valence-corrected chi connectivity index (χ0v) is 16.1. The highest BCUT2D eigenvalue weighted by atomic mass is 35.5. The maximum Gasteiger partial charge on any atom is 0.270 e. The van der Waals surface area contributed by atoms with Gasteiger partial charge in [-0.25, -0.2) is 4.98 Å². The first-order valence-electron chi connectivity index (χ1n) is 8.94. The van der Waals surface area contributed by atoms with E-state index < -0.39 is 5.54 Å². The van der Waals surface area contributed by atoms with Crippen LogP contribution < -0.4 is 5.32 Å². The van der Waals surface area contributed by atoms with Crippen LogP contribution in [0.2, 0.25) is 5.02 Å². The fraction of sp³-hybridized carbons (Fsp3) is 0.381. The second-order valence-electron chi connectivity index (χ2n) is 7.27. The Morgan fingerprint density at radius 2 is 1.96 bits per heavy atom. The number of ketones is 1. The van der Waals surface area contributed by atoms with Crippen LogP contribution in [0.15, 0.2) is 36.4 Å². The zero-order chi connectivity index (χ0) is 18.9. The topological polar surface area (TPSA) is 59.1 Å². The Bertz CT molecular complexity index is 857. The molecule has 136 valence electrons. The van der Waals surface area contributed by atoms with E-state index in [-0.39, 0.29) is 11.7 Å². The number of rotatable bonds is 6. The van der Waals surface area contributed by atoms with E-state index in [1.807, 2.05) is 30.3 Å². The van der Waals surface area contributed by atoms with E-state index in [2.05, 4.69) is 10.3 Å². The number of amides is 1. The zero-order valence-electron chi connectivity index (χ0n) is 15.3. The third-order valence-electron chi connectivity index (χ3n) is 4.72. The quantitative estimate of drug-likeness (QED) is 0.796. The van der Waals surface area contributed by atoms with Crippen molar-refractivity contribution in [1.82, 2.24) is 10.3 Å². The number of Topliss-reactive ketones (excluding diaryl/α,β-unsaturated/α-hetero) is 1. The van der Waals surface area contributed by atoms with E-state index in [9.17, 15) is 9.59 Å². The second kappa shape index (κ2) is 7.20. The molecule has 0 bridgehead atoms. The third-order valence-corrected chi connectivity index (χ3v) is 4.95. The SMILES string of the molecule is CCC(=O)C(C)(C)NC(=O)c1ccc(C2CC2)c(-c2cccc(Cl)c2)n1. The lowest BCUT2D eigenvalue weighted by Gasteiger charge is -2.24. The Balaban J connectivity index is 1.95. The van der Waals surface area contributed by atoms with Crippen LogP contribution in [0.4, 0.5) is 0 Å². The summed E-state index contributed by atoms with van der Waals surface area (Å²) in [5.41, 5.74) is 2.23. The van der Waals surface area contributed by atoms with Crippen molar-refractivity contribution in [3.8, 4) is 11.3 Å². The molecule has 5 heteroatoms. The maximum atomic E-state index is 12.7. The number of hydrogen-bond donors (Lipinski definition) is 1. The Labute approximate surface area is 159 Å². The van der Waals surface area contributed by atoms with Crippen LogP contribution in [0.5, 0.6) is 0 Å². The maximum absolute atomic E-state index is 12.7. The summed E-state index contributed by atoms with van der Waals surface area (Å²) in [6.07, 6.45) is 2.65. The van der Waals surface area contributed by atoms with E-state index in [1.54, 1.807) is 26.8 Å². The summed E-state index contributed by atoms with van der Waals surface area (Å²) in [6, 6.07) is 11.2. The predicted molar refractivity (Wildman–Crippen MR) is 104 cm³/mol. The number of carbonyl (C=O) groups is 2. The number of halogens is 1. The van der Waals surface area contributed by atoms with Gasteiger partial charge < -0.3 is 5.32 Å². The molecule has 1 N–H and O–H groups in total. The monoisotopic (exact) mass is 370 g/mol. The summed E-state index contributed by atoms with van der Waals surface area (Å²) in [4.78, 5) is 29.3. The first-order chi connectivity index (χ1) is 12.3. The largest absolute Gasteiger partial charge is 0.339 e. The van der Waals surface area contributed by atoms with Crippen molar-refractivity contribution in [1.29, 1.82) is 0 Å². The summed E-state index contributed by atoms with van der Waals surface area (Å²) in [6.45, 7) is 5.22. The highest BCUT2D eigenvalue weighted by Crippen LogP contribution is 2.44. The van der Waals surface area contributed by atoms with Crippen molar-refractivity contribution in [3.63, 3.8) is 0 Å². The number of nitrogens with one attached hydrogen (secondary N) is 1. The number of hydrogen-bond acceptors (Lipinski definition) is 3. The number of pyridine rings is 1. The molecule has 1 aliphatic rings.